The summed E-state index contributed by atoms with van der Waals surface area (Å²) < 4.78 is 51.9. The highest BCUT2D eigenvalue weighted by atomic mass is 19.4. The lowest BCUT2D eigenvalue weighted by atomic mass is 10.1. The largest absolute Gasteiger partial charge is 0.573 e. The summed E-state index contributed by atoms with van der Waals surface area (Å²) in [4.78, 5) is 25.3. The molecule has 3 aromatic carbocycles. The Kier molecular flexibility index (Phi) is 9.75. The highest BCUT2D eigenvalue weighted by Crippen LogP contribution is 2.23. The molecule has 0 spiro atoms. The third kappa shape index (κ3) is 8.88. The summed E-state index contributed by atoms with van der Waals surface area (Å²) in [6.45, 7) is 2.47. The number of carbonyl (C=O) groups excluding carboxylic acids is 2. The molecule has 3 rings (SSSR count). The van der Waals surface area contributed by atoms with E-state index in [2.05, 4.69) is 15.4 Å². The number of methoxy groups -OCH3 is 1. The summed E-state index contributed by atoms with van der Waals surface area (Å²) in [5.74, 6) is -0.123. The van der Waals surface area contributed by atoms with Gasteiger partial charge in [0.1, 0.15) is 22.9 Å². The Bertz CT molecular complexity index is 1240. The van der Waals surface area contributed by atoms with Crippen LogP contribution in [0.2, 0.25) is 0 Å². The minimum absolute atomic E-state index is 0.0684. The highest BCUT2D eigenvalue weighted by Gasteiger charge is 2.30. The predicted octanol–water partition coefficient (Wildman–Crippen LogP) is 5.12. The maximum absolute atomic E-state index is 12.8. The Labute approximate surface area is 218 Å². The van der Waals surface area contributed by atoms with Crippen LogP contribution >= 0.6 is 0 Å². The van der Waals surface area contributed by atoms with E-state index in [1.807, 2.05) is 24.3 Å². The smallest absolute Gasteiger partial charge is 0.497 e. The fourth-order valence-electron chi connectivity index (χ4n) is 3.32. The van der Waals surface area contributed by atoms with E-state index >= 15 is 0 Å². The Morgan fingerprint density at radius 2 is 1.47 bits per heavy atom. The molecular weight excluding hydrogens is 501 g/mol. The van der Waals surface area contributed by atoms with E-state index in [4.69, 9.17) is 9.47 Å². The first kappa shape index (κ1) is 28.1. The number of rotatable bonds is 11. The van der Waals surface area contributed by atoms with Gasteiger partial charge in [0.05, 0.1) is 13.7 Å². The summed E-state index contributed by atoms with van der Waals surface area (Å²) in [6, 6.07) is 19.0. The normalized spacial score (nSPS) is 11.4. The van der Waals surface area contributed by atoms with Crippen LogP contribution in [-0.4, -0.2) is 38.4 Å². The molecule has 0 bridgehead atoms. The Morgan fingerprint density at radius 1 is 0.868 bits per heavy atom. The number of hydrogen-bond acceptors (Lipinski definition) is 5. The van der Waals surface area contributed by atoms with E-state index in [0.29, 0.717) is 30.9 Å². The first-order valence-electron chi connectivity index (χ1n) is 11.7. The van der Waals surface area contributed by atoms with Crippen molar-refractivity contribution in [2.75, 3.05) is 20.3 Å². The Hall–Kier alpha value is -4.47. The number of halogens is 3. The number of likely N-dealkylation sites (N-methyl/N-ethyl adjacent to an activating group) is 1. The van der Waals surface area contributed by atoms with E-state index < -0.39 is 23.9 Å². The second kappa shape index (κ2) is 13.2. The molecule has 0 saturated carbocycles. The van der Waals surface area contributed by atoms with Gasteiger partial charge in [0.15, 0.2) is 0 Å². The number of carbonyl (C=O) groups is 2. The van der Waals surface area contributed by atoms with E-state index in [9.17, 15) is 22.8 Å². The van der Waals surface area contributed by atoms with Crippen molar-refractivity contribution in [2.24, 2.45) is 0 Å². The van der Waals surface area contributed by atoms with Crippen LogP contribution in [0, 0.1) is 0 Å². The molecule has 0 heterocycles. The zero-order chi connectivity index (χ0) is 27.5. The van der Waals surface area contributed by atoms with Crippen LogP contribution in [0.4, 0.5) is 13.2 Å². The van der Waals surface area contributed by atoms with Gasteiger partial charge in [0, 0.05) is 18.5 Å². The van der Waals surface area contributed by atoms with E-state index in [1.165, 1.54) is 18.2 Å². The zero-order valence-electron chi connectivity index (χ0n) is 20.8. The molecule has 2 amide bonds. The van der Waals surface area contributed by atoms with Crippen molar-refractivity contribution >= 4 is 17.9 Å². The number of alkyl halides is 3. The molecule has 200 valence electrons. The van der Waals surface area contributed by atoms with Crippen molar-refractivity contribution in [3.63, 3.8) is 0 Å². The number of nitrogens with one attached hydrogen (secondary N) is 2. The molecule has 0 radical (unpaired) electrons. The first-order chi connectivity index (χ1) is 18.2. The Morgan fingerprint density at radius 3 is 2.05 bits per heavy atom. The molecule has 0 unspecified atom stereocenters. The van der Waals surface area contributed by atoms with Crippen molar-refractivity contribution in [1.29, 1.82) is 0 Å². The molecule has 0 aliphatic rings. The molecule has 10 heteroatoms. The fourth-order valence-corrected chi connectivity index (χ4v) is 3.32. The van der Waals surface area contributed by atoms with Gasteiger partial charge in [-0.05, 0) is 72.7 Å². The van der Waals surface area contributed by atoms with E-state index in [1.54, 1.807) is 38.3 Å². The fraction of sp³-hybridized carbons (Fsp3) is 0.214. The van der Waals surface area contributed by atoms with Crippen molar-refractivity contribution in [2.45, 2.75) is 19.7 Å². The van der Waals surface area contributed by atoms with Gasteiger partial charge >= 0.3 is 6.36 Å². The summed E-state index contributed by atoms with van der Waals surface area (Å²) >= 11 is 0. The standard InChI is InChI=1S/C28H27F3N2O5/c1-3-32-27(35)25(18-20-6-12-24(13-7-20)38-28(29,30)31)33-26(34)21-8-14-23(15-9-21)37-17-16-19-4-10-22(36-2)11-5-19/h4-15,18H,3,16-17H2,1-2H3,(H,32,35)(H,33,34). The van der Waals surface area contributed by atoms with Gasteiger partial charge in [-0.3, -0.25) is 9.59 Å². The third-order valence-electron chi connectivity index (χ3n) is 5.19. The molecule has 0 fully saturated rings. The van der Waals surface area contributed by atoms with E-state index in [-0.39, 0.29) is 11.3 Å². The number of hydrogen-bond donors (Lipinski definition) is 2. The van der Waals surface area contributed by atoms with Crippen LogP contribution in [0.1, 0.15) is 28.4 Å². The van der Waals surface area contributed by atoms with Gasteiger partial charge in [-0.15, -0.1) is 13.2 Å². The van der Waals surface area contributed by atoms with Crippen LogP contribution in [0.25, 0.3) is 6.08 Å². The minimum Gasteiger partial charge on any atom is -0.497 e. The molecule has 0 atom stereocenters. The molecule has 38 heavy (non-hydrogen) atoms. The van der Waals surface area contributed by atoms with Gasteiger partial charge < -0.3 is 24.8 Å². The molecule has 3 aromatic rings. The zero-order valence-corrected chi connectivity index (χ0v) is 20.8. The van der Waals surface area contributed by atoms with Crippen molar-refractivity contribution < 1.29 is 37.0 Å². The van der Waals surface area contributed by atoms with Gasteiger partial charge in [0.25, 0.3) is 11.8 Å². The minimum atomic E-state index is -4.81. The molecule has 0 saturated heterocycles. The van der Waals surface area contributed by atoms with Crippen molar-refractivity contribution in [3.8, 4) is 17.2 Å². The number of ether oxygens (including phenoxy) is 3. The van der Waals surface area contributed by atoms with Crippen molar-refractivity contribution in [1.82, 2.24) is 10.6 Å². The van der Waals surface area contributed by atoms with Crippen LogP contribution in [-0.2, 0) is 11.2 Å². The summed E-state index contributed by atoms with van der Waals surface area (Å²) in [7, 11) is 1.61. The molecule has 0 aromatic heterocycles. The summed E-state index contributed by atoms with van der Waals surface area (Å²) in [5.41, 5.74) is 1.70. The van der Waals surface area contributed by atoms with Gasteiger partial charge in [0.2, 0.25) is 0 Å². The molecule has 2 N–H and O–H groups in total. The van der Waals surface area contributed by atoms with Crippen LogP contribution in [0.3, 0.4) is 0 Å². The number of amides is 2. The van der Waals surface area contributed by atoms with Crippen LogP contribution < -0.4 is 24.8 Å². The summed E-state index contributed by atoms with van der Waals surface area (Å²) in [5, 5.41) is 5.16. The lowest BCUT2D eigenvalue weighted by molar-refractivity contribution is -0.274. The summed E-state index contributed by atoms with van der Waals surface area (Å²) in [6.07, 6.45) is -2.76. The van der Waals surface area contributed by atoms with Gasteiger partial charge in [-0.2, -0.15) is 0 Å². The van der Waals surface area contributed by atoms with Gasteiger partial charge in [-0.1, -0.05) is 24.3 Å². The Balaban J connectivity index is 1.62. The monoisotopic (exact) mass is 528 g/mol. The lowest BCUT2D eigenvalue weighted by Gasteiger charge is -2.12. The predicted molar refractivity (Wildman–Crippen MR) is 136 cm³/mol. The third-order valence-corrected chi connectivity index (χ3v) is 5.19. The van der Waals surface area contributed by atoms with E-state index in [0.717, 1.165) is 23.4 Å². The average Bonchev–Trinajstić information content (AvgIpc) is 2.89. The highest BCUT2D eigenvalue weighted by molar-refractivity contribution is 6.05. The second-order valence-electron chi connectivity index (χ2n) is 7.96. The van der Waals surface area contributed by atoms with Crippen LogP contribution in [0.15, 0.2) is 78.5 Å². The molecule has 0 aliphatic carbocycles. The van der Waals surface area contributed by atoms with Crippen molar-refractivity contribution in [3.05, 3.63) is 95.2 Å². The maximum Gasteiger partial charge on any atom is 0.573 e. The molecular formula is C28H27F3N2O5. The number of benzene rings is 3. The molecule has 0 aliphatic heterocycles. The topological polar surface area (TPSA) is 85.9 Å². The lowest BCUT2D eigenvalue weighted by Crippen LogP contribution is -2.34. The quantitative estimate of drug-likeness (QED) is 0.338. The van der Waals surface area contributed by atoms with Gasteiger partial charge in [-0.25, -0.2) is 0 Å². The average molecular weight is 529 g/mol. The first-order valence-corrected chi connectivity index (χ1v) is 11.7. The molecule has 7 nitrogen and oxygen atoms in total. The maximum atomic E-state index is 12.8. The second-order valence-corrected chi connectivity index (χ2v) is 7.96. The van der Waals surface area contributed by atoms with Crippen LogP contribution in [0.5, 0.6) is 17.2 Å². The SMILES string of the molecule is CCNC(=O)C(=Cc1ccc(OC(F)(F)F)cc1)NC(=O)c1ccc(OCCc2ccc(OC)cc2)cc1.